The summed E-state index contributed by atoms with van der Waals surface area (Å²) in [4.78, 5) is 83.5. The lowest BCUT2D eigenvalue weighted by atomic mass is 10.5. The van der Waals surface area contributed by atoms with Gasteiger partial charge < -0.3 is 14.5 Å². The van der Waals surface area contributed by atoms with E-state index in [2.05, 4.69) is 14.5 Å². The normalized spacial score (nSPS) is 10.1. The predicted octanol–water partition coefficient (Wildman–Crippen LogP) is -2.73. The van der Waals surface area contributed by atoms with Crippen LogP contribution in [-0.2, 0) is 14.4 Å². The molecule has 24 heavy (non-hydrogen) atoms. The number of carbonyl (C=O) groups is 3. The molecule has 0 bridgehead atoms. The average Bonchev–Trinajstić information content (AvgIpc) is 2.58. The van der Waals surface area contributed by atoms with Crippen LogP contribution in [0.3, 0.4) is 0 Å². The second kappa shape index (κ2) is 7.89. The summed E-state index contributed by atoms with van der Waals surface area (Å²) < 4.78 is -0.461. The van der Waals surface area contributed by atoms with Gasteiger partial charge in [0.15, 0.2) is 0 Å². The van der Waals surface area contributed by atoms with Gasteiger partial charge in [0.1, 0.15) is 0 Å². The lowest BCUT2D eigenvalue weighted by Crippen LogP contribution is -2.61. The van der Waals surface area contributed by atoms with Gasteiger partial charge in [0.2, 0.25) is 0 Å². The van der Waals surface area contributed by atoms with Crippen molar-refractivity contribution in [3.05, 3.63) is 31.5 Å². The molecule has 0 N–H and O–H groups in total. The summed E-state index contributed by atoms with van der Waals surface area (Å²) in [7, 11) is 0. The Morgan fingerprint density at radius 1 is 0.625 bits per heavy atom. The maximum atomic E-state index is 12.0. The van der Waals surface area contributed by atoms with E-state index in [0.717, 1.165) is 0 Å². The van der Waals surface area contributed by atoms with Crippen molar-refractivity contribution in [3.63, 3.8) is 0 Å². The van der Waals surface area contributed by atoms with Gasteiger partial charge in [-0.1, -0.05) is 35.0 Å². The van der Waals surface area contributed by atoms with Gasteiger partial charge in [-0.25, -0.2) is 28.8 Å². The number of nitrogens with zero attached hydrogens (tertiary/aromatic N) is 3. The van der Waals surface area contributed by atoms with E-state index < -0.39 is 35.0 Å². The summed E-state index contributed by atoms with van der Waals surface area (Å²) in [6.07, 6.45) is -0.600. The topological polar surface area (TPSA) is 145 Å². The standard InChI is InChI=1S/C12H15N3O9/c1-4-7(16)22-13-10(19)14(23-8(17)5-2)12(21)15(11(13)20)24-9(18)6-3/h4-6H2,1-3H3. The first-order chi connectivity index (χ1) is 11.3. The second-order valence-corrected chi connectivity index (χ2v) is 4.18. The van der Waals surface area contributed by atoms with Crippen LogP contribution < -0.4 is 31.6 Å². The van der Waals surface area contributed by atoms with Crippen LogP contribution in [0.15, 0.2) is 14.4 Å². The summed E-state index contributed by atoms with van der Waals surface area (Å²) in [6.45, 7) is 4.16. The molecular weight excluding hydrogens is 330 g/mol. The number of rotatable bonds is 6. The third kappa shape index (κ3) is 3.97. The number of aromatic nitrogens is 3. The Kier molecular flexibility index (Phi) is 6.21. The Bertz CT molecular complexity index is 690. The molecule has 1 rings (SSSR count). The van der Waals surface area contributed by atoms with Crippen LogP contribution in [0.25, 0.3) is 0 Å². The first-order valence-electron chi connectivity index (χ1n) is 6.91. The fourth-order valence-corrected chi connectivity index (χ4v) is 1.23. The van der Waals surface area contributed by atoms with Gasteiger partial charge in [-0.2, -0.15) is 0 Å². The monoisotopic (exact) mass is 345 g/mol. The zero-order valence-corrected chi connectivity index (χ0v) is 13.1. The highest BCUT2D eigenvalue weighted by Crippen LogP contribution is 1.81. The highest BCUT2D eigenvalue weighted by Gasteiger charge is 2.23. The molecule has 0 unspecified atom stereocenters. The molecule has 0 aliphatic rings. The molecule has 0 saturated carbocycles. The third-order valence-electron chi connectivity index (χ3n) is 2.49. The zero-order valence-electron chi connectivity index (χ0n) is 13.1. The Morgan fingerprint density at radius 2 is 0.833 bits per heavy atom. The average molecular weight is 345 g/mol. The van der Waals surface area contributed by atoms with Gasteiger partial charge in [0, 0.05) is 19.3 Å². The minimum absolute atomic E-state index is 0.154. The molecule has 12 nitrogen and oxygen atoms in total. The van der Waals surface area contributed by atoms with Crippen LogP contribution in [0.4, 0.5) is 0 Å². The van der Waals surface area contributed by atoms with Crippen molar-refractivity contribution >= 4 is 17.9 Å². The highest BCUT2D eigenvalue weighted by molar-refractivity contribution is 5.70. The van der Waals surface area contributed by atoms with Gasteiger partial charge >= 0.3 is 35.0 Å². The van der Waals surface area contributed by atoms with Gasteiger partial charge in [-0.05, 0) is 0 Å². The Labute approximate surface area is 133 Å². The minimum Gasteiger partial charge on any atom is -0.327 e. The van der Waals surface area contributed by atoms with Crippen LogP contribution in [-0.4, -0.2) is 32.1 Å². The number of hydrogen-bond acceptors (Lipinski definition) is 9. The molecule has 0 amide bonds. The first-order valence-corrected chi connectivity index (χ1v) is 6.91. The van der Waals surface area contributed by atoms with Gasteiger partial charge in [0.25, 0.3) is 0 Å². The van der Waals surface area contributed by atoms with Crippen LogP contribution >= 0.6 is 0 Å². The summed E-state index contributed by atoms with van der Waals surface area (Å²) in [5, 5.41) is 0. The fraction of sp³-hybridized carbons (Fsp3) is 0.500. The molecule has 1 aromatic heterocycles. The Balaban J connectivity index is 3.64. The van der Waals surface area contributed by atoms with Gasteiger partial charge in [-0.3, -0.25) is 0 Å². The first kappa shape index (κ1) is 18.9. The van der Waals surface area contributed by atoms with E-state index in [-0.39, 0.29) is 33.5 Å². The molecule has 0 fully saturated rings. The van der Waals surface area contributed by atoms with Crippen molar-refractivity contribution in [1.82, 2.24) is 14.2 Å². The smallest absolute Gasteiger partial charge is 0.327 e. The van der Waals surface area contributed by atoms with Crippen LogP contribution in [0.2, 0.25) is 0 Å². The summed E-state index contributed by atoms with van der Waals surface area (Å²) in [5.74, 6) is -2.97. The molecule has 0 aliphatic heterocycles. The molecule has 12 heteroatoms. The molecule has 0 aromatic carbocycles. The molecule has 0 radical (unpaired) electrons. The van der Waals surface area contributed by atoms with E-state index >= 15 is 0 Å². The second-order valence-electron chi connectivity index (χ2n) is 4.18. The maximum absolute atomic E-state index is 12.0. The Morgan fingerprint density at radius 3 is 1.00 bits per heavy atom. The fourth-order valence-electron chi connectivity index (χ4n) is 1.23. The van der Waals surface area contributed by atoms with E-state index in [4.69, 9.17) is 0 Å². The summed E-state index contributed by atoms with van der Waals surface area (Å²) >= 11 is 0. The van der Waals surface area contributed by atoms with E-state index in [1.54, 1.807) is 0 Å². The van der Waals surface area contributed by atoms with Crippen molar-refractivity contribution < 1.29 is 28.9 Å². The molecule has 0 aliphatic carbocycles. The molecule has 1 aromatic rings. The Hall–Kier alpha value is -3.18. The largest absolute Gasteiger partial charge is 0.405 e. The van der Waals surface area contributed by atoms with E-state index in [1.165, 1.54) is 20.8 Å². The summed E-state index contributed by atoms with van der Waals surface area (Å²) in [6, 6.07) is 0. The van der Waals surface area contributed by atoms with E-state index in [0.29, 0.717) is 0 Å². The van der Waals surface area contributed by atoms with Gasteiger partial charge in [0.05, 0.1) is 0 Å². The third-order valence-corrected chi connectivity index (χ3v) is 2.49. The lowest BCUT2D eigenvalue weighted by Gasteiger charge is -2.11. The number of carbonyl (C=O) groups excluding carboxylic acids is 3. The molecule has 1 heterocycles. The van der Waals surface area contributed by atoms with Crippen molar-refractivity contribution in [2.45, 2.75) is 40.0 Å². The van der Waals surface area contributed by atoms with Crippen LogP contribution in [0.1, 0.15) is 40.0 Å². The quantitative estimate of drug-likeness (QED) is 0.536. The highest BCUT2D eigenvalue weighted by atomic mass is 16.8. The van der Waals surface area contributed by atoms with Crippen LogP contribution in [0, 0.1) is 0 Å². The molecule has 0 spiro atoms. The van der Waals surface area contributed by atoms with E-state index in [9.17, 15) is 28.8 Å². The zero-order chi connectivity index (χ0) is 18.4. The summed E-state index contributed by atoms with van der Waals surface area (Å²) in [5.41, 5.74) is -4.63. The molecule has 0 saturated heterocycles. The maximum Gasteiger partial charge on any atom is 0.405 e. The van der Waals surface area contributed by atoms with Crippen LogP contribution in [0.5, 0.6) is 0 Å². The van der Waals surface area contributed by atoms with Crippen molar-refractivity contribution in [1.29, 1.82) is 0 Å². The number of hydrogen-bond donors (Lipinski definition) is 0. The SMILES string of the molecule is CCC(=O)On1c(=O)n(OC(=O)CC)c(=O)n(OC(=O)CC)c1=O. The predicted molar refractivity (Wildman–Crippen MR) is 74.9 cm³/mol. The van der Waals surface area contributed by atoms with Gasteiger partial charge in [-0.15, -0.1) is 0 Å². The lowest BCUT2D eigenvalue weighted by molar-refractivity contribution is -0.152. The minimum atomic E-state index is -1.54. The van der Waals surface area contributed by atoms with Crippen molar-refractivity contribution in [2.24, 2.45) is 0 Å². The van der Waals surface area contributed by atoms with Crippen molar-refractivity contribution in [2.75, 3.05) is 0 Å². The molecule has 132 valence electrons. The van der Waals surface area contributed by atoms with E-state index in [1.807, 2.05) is 0 Å². The molecular formula is C12H15N3O9. The van der Waals surface area contributed by atoms with Crippen molar-refractivity contribution in [3.8, 4) is 0 Å². The molecule has 0 atom stereocenters.